The van der Waals surface area contributed by atoms with Gasteiger partial charge in [0.05, 0.1) is 5.69 Å². The maximum Gasteiger partial charge on any atom is 0.225 e. The van der Waals surface area contributed by atoms with Crippen LogP contribution in [0, 0.1) is 12.7 Å². The summed E-state index contributed by atoms with van der Waals surface area (Å²) in [5.74, 6) is 1.76. The Bertz CT molecular complexity index is 708. The summed E-state index contributed by atoms with van der Waals surface area (Å²) in [5, 5.41) is 6.59. The van der Waals surface area contributed by atoms with Crippen molar-refractivity contribution in [1.82, 2.24) is 9.97 Å². The molecule has 0 amide bonds. The van der Waals surface area contributed by atoms with Gasteiger partial charge >= 0.3 is 0 Å². The summed E-state index contributed by atoms with van der Waals surface area (Å²) in [6.07, 6.45) is 4.75. The Kier molecular flexibility index (Phi) is 3.21. The number of nitrogens with zero attached hydrogens (tertiary/aromatic N) is 2. The molecule has 2 N–H and O–H groups in total. The van der Waals surface area contributed by atoms with Crippen LogP contribution in [0.2, 0.25) is 0 Å². The number of hydrogen-bond donors (Lipinski definition) is 2. The van der Waals surface area contributed by atoms with Gasteiger partial charge in [-0.05, 0) is 44.7 Å². The van der Waals surface area contributed by atoms with Crippen LogP contribution in [0.15, 0.2) is 24.3 Å². The lowest BCUT2D eigenvalue weighted by Crippen LogP contribution is -2.08. The number of aromatic nitrogens is 2. The second kappa shape index (κ2) is 5.23. The zero-order valence-electron chi connectivity index (χ0n) is 12.6. The fourth-order valence-electron chi connectivity index (χ4n) is 2.47. The minimum absolute atomic E-state index is 0.210. The zero-order valence-corrected chi connectivity index (χ0v) is 12.6. The van der Waals surface area contributed by atoms with Crippen molar-refractivity contribution in [1.29, 1.82) is 0 Å². The summed E-state index contributed by atoms with van der Waals surface area (Å²) in [7, 11) is 0. The maximum atomic E-state index is 13.7. The molecule has 114 valence electrons. The van der Waals surface area contributed by atoms with Gasteiger partial charge in [-0.3, -0.25) is 0 Å². The Hall–Kier alpha value is -2.17. The topological polar surface area (TPSA) is 49.8 Å². The van der Waals surface area contributed by atoms with Crippen LogP contribution in [-0.2, 0) is 0 Å². The molecule has 1 aromatic heterocycles. The minimum atomic E-state index is -0.210. The number of anilines is 3. The van der Waals surface area contributed by atoms with Gasteiger partial charge in [-0.2, -0.15) is 4.98 Å². The van der Waals surface area contributed by atoms with Gasteiger partial charge in [-0.25, -0.2) is 9.37 Å². The molecule has 1 aromatic carbocycles. The van der Waals surface area contributed by atoms with Crippen molar-refractivity contribution in [2.75, 3.05) is 10.6 Å². The quantitative estimate of drug-likeness (QED) is 0.872. The second-order valence-electron chi connectivity index (χ2n) is 6.23. The van der Waals surface area contributed by atoms with E-state index in [0.29, 0.717) is 23.5 Å². The van der Waals surface area contributed by atoms with Gasteiger partial charge in [-0.15, -0.1) is 0 Å². The lowest BCUT2D eigenvalue weighted by molar-refractivity contribution is 0.619. The summed E-state index contributed by atoms with van der Waals surface area (Å²) in [6.45, 7) is 1.77. The van der Waals surface area contributed by atoms with Gasteiger partial charge in [0, 0.05) is 29.3 Å². The Morgan fingerprint density at radius 3 is 2.68 bits per heavy atom. The van der Waals surface area contributed by atoms with E-state index in [2.05, 4.69) is 20.6 Å². The van der Waals surface area contributed by atoms with Gasteiger partial charge in [0.2, 0.25) is 5.95 Å². The van der Waals surface area contributed by atoms with E-state index in [-0.39, 0.29) is 5.82 Å². The molecule has 4 rings (SSSR count). The van der Waals surface area contributed by atoms with Crippen LogP contribution in [0.1, 0.15) is 42.9 Å². The number of halogens is 1. The summed E-state index contributed by atoms with van der Waals surface area (Å²) in [6, 6.07) is 7.54. The lowest BCUT2D eigenvalue weighted by atomic mass is 10.2. The van der Waals surface area contributed by atoms with E-state index in [4.69, 9.17) is 0 Å². The van der Waals surface area contributed by atoms with Crippen LogP contribution in [0.5, 0.6) is 0 Å². The third-order valence-corrected chi connectivity index (χ3v) is 4.18. The predicted molar refractivity (Wildman–Crippen MR) is 85.1 cm³/mol. The van der Waals surface area contributed by atoms with E-state index in [1.165, 1.54) is 31.7 Å². The molecule has 2 saturated carbocycles. The number of hydrogen-bond acceptors (Lipinski definition) is 4. The summed E-state index contributed by atoms with van der Waals surface area (Å²) in [4.78, 5) is 9.15. The van der Waals surface area contributed by atoms with E-state index < -0.39 is 0 Å². The molecule has 0 atom stereocenters. The molecule has 2 aromatic rings. The van der Waals surface area contributed by atoms with E-state index in [1.807, 2.05) is 12.1 Å². The zero-order chi connectivity index (χ0) is 15.1. The maximum absolute atomic E-state index is 13.7. The van der Waals surface area contributed by atoms with Gasteiger partial charge in [-0.1, -0.05) is 6.07 Å². The largest absolute Gasteiger partial charge is 0.351 e. The van der Waals surface area contributed by atoms with Crippen LogP contribution in [0.3, 0.4) is 0 Å². The molecule has 22 heavy (non-hydrogen) atoms. The highest BCUT2D eigenvalue weighted by Gasteiger charge is 2.28. The fraction of sp³-hybridized carbons (Fsp3) is 0.412. The Morgan fingerprint density at radius 1 is 1.14 bits per heavy atom. The smallest absolute Gasteiger partial charge is 0.225 e. The molecule has 0 radical (unpaired) electrons. The first kappa shape index (κ1) is 13.5. The normalized spacial score (nSPS) is 17.4. The number of benzene rings is 1. The highest BCUT2D eigenvalue weighted by molar-refractivity contribution is 5.61. The third kappa shape index (κ3) is 2.89. The van der Waals surface area contributed by atoms with Crippen molar-refractivity contribution >= 4 is 17.5 Å². The first-order valence-corrected chi connectivity index (χ1v) is 7.87. The minimum Gasteiger partial charge on any atom is -0.351 e. The van der Waals surface area contributed by atoms with Crippen molar-refractivity contribution in [3.63, 3.8) is 0 Å². The van der Waals surface area contributed by atoms with Crippen LogP contribution in [0.25, 0.3) is 0 Å². The molecule has 1 heterocycles. The molecular formula is C17H19FN4. The van der Waals surface area contributed by atoms with Crippen LogP contribution < -0.4 is 10.6 Å². The number of rotatable bonds is 5. The van der Waals surface area contributed by atoms with Crippen LogP contribution in [0.4, 0.5) is 21.8 Å². The molecule has 0 spiro atoms. The van der Waals surface area contributed by atoms with Gasteiger partial charge in [0.15, 0.2) is 0 Å². The molecule has 2 aliphatic carbocycles. The molecule has 5 heteroatoms. The van der Waals surface area contributed by atoms with Crippen LogP contribution in [-0.4, -0.2) is 16.0 Å². The first-order chi connectivity index (χ1) is 10.7. The van der Waals surface area contributed by atoms with Gasteiger partial charge in [0.25, 0.3) is 0 Å². The first-order valence-electron chi connectivity index (χ1n) is 7.87. The summed E-state index contributed by atoms with van der Waals surface area (Å²) >= 11 is 0. The standard InChI is InChI=1S/C17H19FN4/c1-10-13(18)3-2-4-14(10)20-16-9-15(11-5-6-11)21-17(22-16)19-12-7-8-12/h2-4,9,11-12H,5-8H2,1H3,(H2,19,20,21,22). The molecule has 2 fully saturated rings. The Balaban J connectivity index is 1.64. The molecule has 0 aliphatic heterocycles. The second-order valence-corrected chi connectivity index (χ2v) is 6.23. The van der Waals surface area contributed by atoms with Crippen molar-refractivity contribution in [3.8, 4) is 0 Å². The Morgan fingerprint density at radius 2 is 1.95 bits per heavy atom. The molecular weight excluding hydrogens is 279 g/mol. The fourth-order valence-corrected chi connectivity index (χ4v) is 2.47. The lowest BCUT2D eigenvalue weighted by Gasteiger charge is -2.12. The average molecular weight is 298 g/mol. The third-order valence-electron chi connectivity index (χ3n) is 4.18. The van der Waals surface area contributed by atoms with E-state index in [9.17, 15) is 4.39 Å². The molecule has 0 saturated heterocycles. The molecule has 0 unspecified atom stereocenters. The van der Waals surface area contributed by atoms with Gasteiger partial charge < -0.3 is 10.6 Å². The van der Waals surface area contributed by atoms with Crippen molar-refractivity contribution < 1.29 is 4.39 Å². The monoisotopic (exact) mass is 298 g/mol. The Labute approximate surface area is 129 Å². The van der Waals surface area contributed by atoms with E-state index in [1.54, 1.807) is 13.0 Å². The van der Waals surface area contributed by atoms with Crippen molar-refractivity contribution in [2.24, 2.45) is 0 Å². The molecule has 4 nitrogen and oxygen atoms in total. The van der Waals surface area contributed by atoms with Crippen LogP contribution >= 0.6 is 0 Å². The van der Waals surface area contributed by atoms with Crippen molar-refractivity contribution in [3.05, 3.63) is 41.3 Å². The van der Waals surface area contributed by atoms with E-state index in [0.717, 1.165) is 17.2 Å². The number of nitrogens with one attached hydrogen (secondary N) is 2. The van der Waals surface area contributed by atoms with E-state index >= 15 is 0 Å². The highest BCUT2D eigenvalue weighted by atomic mass is 19.1. The summed E-state index contributed by atoms with van der Waals surface area (Å²) < 4.78 is 13.7. The SMILES string of the molecule is Cc1c(F)cccc1Nc1cc(C2CC2)nc(NC2CC2)n1. The van der Waals surface area contributed by atoms with Gasteiger partial charge in [0.1, 0.15) is 11.6 Å². The highest BCUT2D eigenvalue weighted by Crippen LogP contribution is 2.40. The predicted octanol–water partition coefficient (Wildman–Crippen LogP) is 4.12. The van der Waals surface area contributed by atoms with Crippen molar-refractivity contribution in [2.45, 2.75) is 44.6 Å². The molecule has 0 bridgehead atoms. The molecule has 2 aliphatic rings. The average Bonchev–Trinajstić information content (AvgIpc) is 3.36. The summed E-state index contributed by atoms with van der Waals surface area (Å²) in [5.41, 5.74) is 2.43.